The number of carbonyl (C=O) groups is 1. The number of likely N-dealkylation sites (tertiary alicyclic amines) is 1. The third-order valence-electron chi connectivity index (χ3n) is 4.35. The Balaban J connectivity index is 2.56. The molecule has 0 aromatic heterocycles. The van der Waals surface area contributed by atoms with Gasteiger partial charge >= 0.3 is 0 Å². The average molecular weight is 255 g/mol. The molecular formula is C14H29N3O. The van der Waals surface area contributed by atoms with Crippen LogP contribution in [-0.4, -0.2) is 42.0 Å². The van der Waals surface area contributed by atoms with E-state index in [0.29, 0.717) is 6.54 Å². The summed E-state index contributed by atoms with van der Waals surface area (Å²) in [5.74, 6) is 0.128. The van der Waals surface area contributed by atoms with Gasteiger partial charge in [0.1, 0.15) is 0 Å². The van der Waals surface area contributed by atoms with E-state index in [-0.39, 0.29) is 22.9 Å². The highest BCUT2D eigenvalue weighted by atomic mass is 16.2. The minimum Gasteiger partial charge on any atom is -0.350 e. The van der Waals surface area contributed by atoms with Gasteiger partial charge in [0.25, 0.3) is 0 Å². The van der Waals surface area contributed by atoms with Crippen molar-refractivity contribution in [3.63, 3.8) is 0 Å². The zero-order valence-electron chi connectivity index (χ0n) is 12.5. The molecule has 2 atom stereocenters. The topological polar surface area (TPSA) is 58.4 Å². The third-order valence-corrected chi connectivity index (χ3v) is 4.35. The summed E-state index contributed by atoms with van der Waals surface area (Å²) in [6.07, 6.45) is 2.02. The van der Waals surface area contributed by atoms with Crippen molar-refractivity contribution in [2.75, 3.05) is 19.6 Å². The van der Waals surface area contributed by atoms with E-state index in [2.05, 4.69) is 37.9 Å². The summed E-state index contributed by atoms with van der Waals surface area (Å²) < 4.78 is 0. The first-order chi connectivity index (χ1) is 8.23. The Morgan fingerprint density at radius 2 is 2.17 bits per heavy atom. The lowest BCUT2D eigenvalue weighted by Crippen LogP contribution is -2.51. The summed E-state index contributed by atoms with van der Waals surface area (Å²) in [6, 6.07) is -0.0656. The fourth-order valence-corrected chi connectivity index (χ4v) is 2.25. The van der Waals surface area contributed by atoms with Gasteiger partial charge in [-0.25, -0.2) is 0 Å². The Kier molecular flexibility index (Phi) is 4.78. The molecule has 1 saturated heterocycles. The second kappa shape index (κ2) is 5.57. The number of nitrogens with zero attached hydrogens (tertiary/aromatic N) is 1. The molecule has 0 aromatic rings. The maximum Gasteiger partial charge on any atom is 0.237 e. The Bertz CT molecular complexity index is 303. The van der Waals surface area contributed by atoms with Crippen molar-refractivity contribution in [1.29, 1.82) is 0 Å². The Labute approximate surface area is 111 Å². The molecule has 4 heteroatoms. The molecule has 1 amide bonds. The van der Waals surface area contributed by atoms with E-state index in [4.69, 9.17) is 5.73 Å². The quantitative estimate of drug-likeness (QED) is 0.779. The van der Waals surface area contributed by atoms with Crippen LogP contribution < -0.4 is 11.1 Å². The lowest BCUT2D eigenvalue weighted by molar-refractivity contribution is -0.127. The Morgan fingerprint density at radius 1 is 1.56 bits per heavy atom. The summed E-state index contributed by atoms with van der Waals surface area (Å²) in [5.41, 5.74) is 5.86. The molecule has 1 rings (SSSR count). The first kappa shape index (κ1) is 15.4. The number of hydrogen-bond acceptors (Lipinski definition) is 3. The first-order valence-electron chi connectivity index (χ1n) is 6.99. The normalized spacial score (nSPS) is 27.2. The van der Waals surface area contributed by atoms with Crippen molar-refractivity contribution in [3.05, 3.63) is 0 Å². The van der Waals surface area contributed by atoms with Crippen molar-refractivity contribution in [2.45, 2.75) is 59.0 Å². The Hall–Kier alpha value is -0.610. The average Bonchev–Trinajstić information content (AvgIpc) is 2.71. The number of carbonyl (C=O) groups excluding carboxylic acids is 1. The van der Waals surface area contributed by atoms with Gasteiger partial charge in [-0.2, -0.15) is 0 Å². The van der Waals surface area contributed by atoms with Crippen molar-refractivity contribution in [2.24, 2.45) is 11.1 Å². The highest BCUT2D eigenvalue weighted by molar-refractivity contribution is 5.82. The maximum atomic E-state index is 12.2. The molecule has 1 aliphatic heterocycles. The number of nitrogens with one attached hydrogen (secondary N) is 1. The zero-order valence-corrected chi connectivity index (χ0v) is 12.5. The molecule has 1 aliphatic rings. The highest BCUT2D eigenvalue weighted by Gasteiger charge is 2.37. The molecule has 0 aliphatic carbocycles. The van der Waals surface area contributed by atoms with E-state index in [9.17, 15) is 4.79 Å². The van der Waals surface area contributed by atoms with Crippen molar-refractivity contribution >= 4 is 5.91 Å². The van der Waals surface area contributed by atoms with E-state index in [1.807, 2.05) is 6.92 Å². The minimum absolute atomic E-state index is 0.0656. The smallest absolute Gasteiger partial charge is 0.237 e. The third kappa shape index (κ3) is 3.69. The molecule has 18 heavy (non-hydrogen) atoms. The standard InChI is InChI=1S/C14H29N3O/c1-6-13(3,4)16-12(18)11(2)17-8-7-14(5,9-15)10-17/h11H,6-10,15H2,1-5H3,(H,16,18). The van der Waals surface area contributed by atoms with Crippen molar-refractivity contribution in [1.82, 2.24) is 10.2 Å². The number of hydrogen-bond donors (Lipinski definition) is 2. The van der Waals surface area contributed by atoms with Gasteiger partial charge in [-0.05, 0) is 52.1 Å². The van der Waals surface area contributed by atoms with E-state index in [1.54, 1.807) is 0 Å². The SMILES string of the molecule is CCC(C)(C)NC(=O)C(C)N1CCC(C)(CN)C1. The summed E-state index contributed by atoms with van der Waals surface area (Å²) in [4.78, 5) is 14.5. The van der Waals surface area contributed by atoms with Crippen LogP contribution in [0.15, 0.2) is 0 Å². The van der Waals surface area contributed by atoms with Crippen LogP contribution in [0.1, 0.15) is 47.5 Å². The van der Waals surface area contributed by atoms with Gasteiger partial charge in [0.15, 0.2) is 0 Å². The second-order valence-corrected chi connectivity index (χ2v) is 6.64. The summed E-state index contributed by atoms with van der Waals surface area (Å²) >= 11 is 0. The van der Waals surface area contributed by atoms with Crippen LogP contribution in [0.2, 0.25) is 0 Å². The fraction of sp³-hybridized carbons (Fsp3) is 0.929. The summed E-state index contributed by atoms with van der Waals surface area (Å²) in [7, 11) is 0. The van der Waals surface area contributed by atoms with Crippen LogP contribution in [0, 0.1) is 5.41 Å². The molecule has 4 nitrogen and oxygen atoms in total. The largest absolute Gasteiger partial charge is 0.350 e. The monoisotopic (exact) mass is 255 g/mol. The van der Waals surface area contributed by atoms with E-state index < -0.39 is 0 Å². The molecular weight excluding hydrogens is 226 g/mol. The summed E-state index contributed by atoms with van der Waals surface area (Å²) in [5, 5.41) is 3.12. The van der Waals surface area contributed by atoms with E-state index in [1.165, 1.54) is 0 Å². The molecule has 106 valence electrons. The van der Waals surface area contributed by atoms with E-state index in [0.717, 1.165) is 25.9 Å². The minimum atomic E-state index is -0.123. The second-order valence-electron chi connectivity index (χ2n) is 6.64. The number of nitrogens with two attached hydrogens (primary N) is 1. The van der Waals surface area contributed by atoms with Gasteiger partial charge in [0.2, 0.25) is 5.91 Å². The zero-order chi connectivity index (χ0) is 14.0. The van der Waals surface area contributed by atoms with Gasteiger partial charge in [-0.1, -0.05) is 13.8 Å². The van der Waals surface area contributed by atoms with Crippen LogP contribution in [0.3, 0.4) is 0 Å². The maximum absolute atomic E-state index is 12.2. The molecule has 0 aromatic carbocycles. The van der Waals surface area contributed by atoms with Crippen molar-refractivity contribution in [3.8, 4) is 0 Å². The van der Waals surface area contributed by atoms with Crippen LogP contribution in [0.4, 0.5) is 0 Å². The first-order valence-corrected chi connectivity index (χ1v) is 6.99. The van der Waals surface area contributed by atoms with Gasteiger partial charge in [-0.3, -0.25) is 9.69 Å². The van der Waals surface area contributed by atoms with Gasteiger partial charge in [-0.15, -0.1) is 0 Å². The molecule has 2 unspecified atom stereocenters. The van der Waals surface area contributed by atoms with Crippen LogP contribution in [0.5, 0.6) is 0 Å². The number of rotatable bonds is 5. The molecule has 0 bridgehead atoms. The van der Waals surface area contributed by atoms with Crippen LogP contribution in [-0.2, 0) is 4.79 Å². The van der Waals surface area contributed by atoms with Gasteiger partial charge in [0.05, 0.1) is 6.04 Å². The van der Waals surface area contributed by atoms with E-state index >= 15 is 0 Å². The predicted octanol–water partition coefficient (Wildman–Crippen LogP) is 1.35. The molecule has 0 spiro atoms. The van der Waals surface area contributed by atoms with Crippen molar-refractivity contribution < 1.29 is 4.79 Å². The molecule has 1 fully saturated rings. The molecule has 3 N–H and O–H groups in total. The predicted molar refractivity (Wildman–Crippen MR) is 75.3 cm³/mol. The van der Waals surface area contributed by atoms with Gasteiger partial charge in [0, 0.05) is 12.1 Å². The lowest BCUT2D eigenvalue weighted by atomic mass is 9.90. The molecule has 0 radical (unpaired) electrons. The highest BCUT2D eigenvalue weighted by Crippen LogP contribution is 2.29. The molecule has 0 saturated carbocycles. The van der Waals surface area contributed by atoms with Crippen LogP contribution in [0.25, 0.3) is 0 Å². The fourth-order valence-electron chi connectivity index (χ4n) is 2.25. The Morgan fingerprint density at radius 3 is 2.61 bits per heavy atom. The number of amides is 1. The lowest BCUT2D eigenvalue weighted by Gasteiger charge is -2.31. The van der Waals surface area contributed by atoms with Crippen LogP contribution >= 0.6 is 0 Å². The van der Waals surface area contributed by atoms with Gasteiger partial charge < -0.3 is 11.1 Å². The molecule has 1 heterocycles. The summed E-state index contributed by atoms with van der Waals surface area (Å²) in [6.45, 7) is 13.0.